The number of Topliss-reactive ketones (excluding diaryl/α,β-unsaturated/α-hetero) is 1. The van der Waals surface area contributed by atoms with Crippen LogP contribution in [0.4, 0.5) is 0 Å². The third-order valence-corrected chi connectivity index (χ3v) is 7.16. The molecule has 3 rings (SSSR count). The molecule has 3 heteroatoms. The van der Waals surface area contributed by atoms with Gasteiger partial charge in [0.2, 0.25) is 0 Å². The molecule has 0 N–H and O–H groups in total. The van der Waals surface area contributed by atoms with Crippen LogP contribution in [-0.2, 0) is 14.3 Å². The summed E-state index contributed by atoms with van der Waals surface area (Å²) in [6, 6.07) is 0. The summed E-state index contributed by atoms with van der Waals surface area (Å²) in [5.41, 5.74) is 0.326. The van der Waals surface area contributed by atoms with Gasteiger partial charge in [0.1, 0.15) is 5.78 Å². The van der Waals surface area contributed by atoms with Gasteiger partial charge in [0, 0.05) is 12.8 Å². The van der Waals surface area contributed by atoms with Gasteiger partial charge in [-0.2, -0.15) is 0 Å². The Morgan fingerprint density at radius 3 is 2.71 bits per heavy atom. The van der Waals surface area contributed by atoms with E-state index in [-0.39, 0.29) is 11.9 Å². The Labute approximate surface area is 127 Å². The highest BCUT2D eigenvalue weighted by Gasteiger charge is 2.54. The molecule has 0 saturated heterocycles. The molecule has 0 heterocycles. The minimum absolute atomic E-state index is 0.0213. The molecular formula is C18H28O3. The van der Waals surface area contributed by atoms with E-state index in [0.29, 0.717) is 34.9 Å². The van der Waals surface area contributed by atoms with Crippen LogP contribution in [-0.4, -0.2) is 18.9 Å². The molecule has 3 aliphatic rings. The molecule has 118 valence electrons. The van der Waals surface area contributed by atoms with Crippen molar-refractivity contribution in [3.8, 4) is 0 Å². The van der Waals surface area contributed by atoms with Gasteiger partial charge in [0.05, 0.1) is 13.0 Å². The van der Waals surface area contributed by atoms with Crippen LogP contribution >= 0.6 is 0 Å². The van der Waals surface area contributed by atoms with Crippen molar-refractivity contribution in [1.82, 2.24) is 0 Å². The van der Waals surface area contributed by atoms with Crippen LogP contribution in [0.25, 0.3) is 0 Å². The number of ether oxygens (including phenoxy) is 1. The Balaban J connectivity index is 1.81. The second-order valence-corrected chi connectivity index (χ2v) is 7.86. The van der Waals surface area contributed by atoms with E-state index in [2.05, 4.69) is 13.8 Å². The molecule has 21 heavy (non-hydrogen) atoms. The maximum atomic E-state index is 12.0. The van der Waals surface area contributed by atoms with Gasteiger partial charge in [0.25, 0.3) is 0 Å². The van der Waals surface area contributed by atoms with Gasteiger partial charge in [-0.1, -0.05) is 13.8 Å². The molecule has 0 spiro atoms. The fourth-order valence-corrected chi connectivity index (χ4v) is 5.80. The fraction of sp³-hybridized carbons (Fsp3) is 0.889. The highest BCUT2D eigenvalue weighted by atomic mass is 16.5. The van der Waals surface area contributed by atoms with Crippen LogP contribution in [0.15, 0.2) is 0 Å². The molecule has 0 amide bonds. The lowest BCUT2D eigenvalue weighted by Crippen LogP contribution is -2.52. The van der Waals surface area contributed by atoms with E-state index in [1.165, 1.54) is 20.0 Å². The quantitative estimate of drug-likeness (QED) is 0.693. The third kappa shape index (κ3) is 2.33. The van der Waals surface area contributed by atoms with Crippen molar-refractivity contribution in [1.29, 1.82) is 0 Å². The van der Waals surface area contributed by atoms with E-state index >= 15 is 0 Å². The van der Waals surface area contributed by atoms with E-state index in [0.717, 1.165) is 32.1 Å². The largest absolute Gasteiger partial charge is 0.469 e. The molecule has 3 fully saturated rings. The smallest absolute Gasteiger partial charge is 0.308 e. The fourth-order valence-electron chi connectivity index (χ4n) is 5.80. The van der Waals surface area contributed by atoms with Gasteiger partial charge in [-0.3, -0.25) is 9.59 Å². The lowest BCUT2D eigenvalue weighted by molar-refractivity contribution is -0.156. The first-order valence-electron chi connectivity index (χ1n) is 8.57. The number of fused-ring (bicyclic) bond motifs is 3. The van der Waals surface area contributed by atoms with Gasteiger partial charge in [-0.15, -0.1) is 0 Å². The van der Waals surface area contributed by atoms with E-state index in [4.69, 9.17) is 4.74 Å². The van der Waals surface area contributed by atoms with Crippen molar-refractivity contribution < 1.29 is 14.3 Å². The highest BCUT2D eigenvalue weighted by Crippen LogP contribution is 2.60. The second-order valence-electron chi connectivity index (χ2n) is 7.86. The lowest BCUT2D eigenvalue weighted by atomic mass is 9.47. The molecule has 0 aromatic rings. The number of methoxy groups -OCH3 is 1. The van der Waals surface area contributed by atoms with Gasteiger partial charge >= 0.3 is 5.97 Å². The van der Waals surface area contributed by atoms with E-state index < -0.39 is 0 Å². The van der Waals surface area contributed by atoms with E-state index in [9.17, 15) is 9.59 Å². The third-order valence-electron chi connectivity index (χ3n) is 7.16. The predicted octanol–water partition coefficient (Wildman–Crippen LogP) is 3.61. The minimum Gasteiger partial charge on any atom is -0.469 e. The van der Waals surface area contributed by atoms with Gasteiger partial charge in [-0.05, 0) is 61.2 Å². The molecule has 0 aromatic carbocycles. The molecular weight excluding hydrogens is 264 g/mol. The molecule has 3 saturated carbocycles. The summed E-state index contributed by atoms with van der Waals surface area (Å²) < 4.78 is 5.00. The standard InChI is InChI=1S/C18H28O3/c1-11-14-5-4-12-10-13(19)8-9-18(12,2)16(14)7-6-15(11)17(20)21-3/h11-12,14-16H,4-10H2,1-3H3/t11?,12-,14-,15-,16-,18-/m0/s1. The molecule has 0 aliphatic heterocycles. The van der Waals surface area contributed by atoms with Crippen molar-refractivity contribution in [2.24, 2.45) is 35.0 Å². The second kappa shape index (κ2) is 5.40. The normalized spacial score (nSPS) is 46.4. The minimum atomic E-state index is -0.0213. The molecule has 3 nitrogen and oxygen atoms in total. The molecule has 6 atom stereocenters. The number of hydrogen-bond donors (Lipinski definition) is 0. The lowest BCUT2D eigenvalue weighted by Gasteiger charge is -2.57. The maximum absolute atomic E-state index is 12.0. The maximum Gasteiger partial charge on any atom is 0.308 e. The molecule has 1 unspecified atom stereocenters. The Hall–Kier alpha value is -0.860. The molecule has 0 aromatic heterocycles. The first kappa shape index (κ1) is 15.1. The van der Waals surface area contributed by atoms with Crippen molar-refractivity contribution in [3.05, 3.63) is 0 Å². The zero-order chi connectivity index (χ0) is 15.2. The molecule has 0 radical (unpaired) electrons. The number of hydrogen-bond acceptors (Lipinski definition) is 3. The summed E-state index contributed by atoms with van der Waals surface area (Å²) in [7, 11) is 1.51. The first-order chi connectivity index (χ1) is 9.97. The summed E-state index contributed by atoms with van der Waals surface area (Å²) in [4.78, 5) is 23.8. The first-order valence-corrected chi connectivity index (χ1v) is 8.57. The van der Waals surface area contributed by atoms with Crippen molar-refractivity contribution >= 4 is 11.8 Å². The number of rotatable bonds is 1. The topological polar surface area (TPSA) is 43.4 Å². The zero-order valence-electron chi connectivity index (χ0n) is 13.6. The SMILES string of the molecule is COC(=O)[C@H]1CC[C@H]2[C@@H](CC[C@H]3CC(=O)CC[C@@]32C)C1C. The zero-order valence-corrected chi connectivity index (χ0v) is 13.6. The van der Waals surface area contributed by atoms with Crippen LogP contribution < -0.4 is 0 Å². The van der Waals surface area contributed by atoms with Crippen molar-refractivity contribution in [3.63, 3.8) is 0 Å². The summed E-state index contributed by atoms with van der Waals surface area (Å²) in [6.45, 7) is 4.67. The summed E-state index contributed by atoms with van der Waals surface area (Å²) in [5, 5.41) is 0. The van der Waals surface area contributed by atoms with Crippen LogP contribution in [0.2, 0.25) is 0 Å². The monoisotopic (exact) mass is 292 g/mol. The average Bonchev–Trinajstić information content (AvgIpc) is 2.48. The number of esters is 1. The Bertz CT molecular complexity index is 444. The Morgan fingerprint density at radius 1 is 1.24 bits per heavy atom. The van der Waals surface area contributed by atoms with Crippen LogP contribution in [0.5, 0.6) is 0 Å². The number of carbonyl (C=O) groups is 2. The van der Waals surface area contributed by atoms with Crippen LogP contribution in [0.1, 0.15) is 58.8 Å². The van der Waals surface area contributed by atoms with Crippen molar-refractivity contribution in [2.75, 3.05) is 7.11 Å². The molecule has 3 aliphatic carbocycles. The number of ketones is 1. The van der Waals surface area contributed by atoms with Gasteiger partial charge in [0.15, 0.2) is 0 Å². The van der Waals surface area contributed by atoms with Gasteiger partial charge in [-0.25, -0.2) is 0 Å². The van der Waals surface area contributed by atoms with Crippen LogP contribution in [0, 0.1) is 35.0 Å². The van der Waals surface area contributed by atoms with E-state index in [1.54, 1.807) is 0 Å². The Kier molecular flexibility index (Phi) is 3.87. The number of carbonyl (C=O) groups excluding carboxylic acids is 2. The Morgan fingerprint density at radius 2 is 2.00 bits per heavy atom. The summed E-state index contributed by atoms with van der Waals surface area (Å²) >= 11 is 0. The van der Waals surface area contributed by atoms with Crippen molar-refractivity contribution in [2.45, 2.75) is 58.8 Å². The predicted molar refractivity (Wildman–Crippen MR) is 80.6 cm³/mol. The average molecular weight is 292 g/mol. The van der Waals surface area contributed by atoms with Crippen LogP contribution in [0.3, 0.4) is 0 Å². The summed E-state index contributed by atoms with van der Waals surface area (Å²) in [5.74, 6) is 2.87. The van der Waals surface area contributed by atoms with E-state index in [1.807, 2.05) is 0 Å². The highest BCUT2D eigenvalue weighted by molar-refractivity contribution is 5.79. The molecule has 0 bridgehead atoms. The van der Waals surface area contributed by atoms with Gasteiger partial charge < -0.3 is 4.74 Å². The summed E-state index contributed by atoms with van der Waals surface area (Å²) in [6.07, 6.45) is 7.09.